The third kappa shape index (κ3) is 3.20. The zero-order chi connectivity index (χ0) is 22.4. The first kappa shape index (κ1) is 20.1. The molecule has 1 atom stereocenters. The standard InChI is InChI=1S/C23H18ClN3O5/c1-31-14-5-7-18-16(12-14)15-8-9-26(23(28)20-3-2-10-32-20)22(21(15)25-18)13-4-6-17(24)19(11-13)27(29)30/h2-7,10-12,22,25H,8-9H2,1H3. The molecule has 4 aromatic rings. The number of fused-ring (bicyclic) bond motifs is 3. The van der Waals surface area contributed by atoms with Gasteiger partial charge in [0, 0.05) is 29.2 Å². The fourth-order valence-electron chi connectivity index (χ4n) is 4.34. The van der Waals surface area contributed by atoms with Crippen molar-refractivity contribution in [3.8, 4) is 5.75 Å². The molecule has 8 nitrogen and oxygen atoms in total. The predicted octanol–water partition coefficient (Wildman–Crippen LogP) is 5.12. The van der Waals surface area contributed by atoms with E-state index in [-0.39, 0.29) is 22.4 Å². The summed E-state index contributed by atoms with van der Waals surface area (Å²) in [6.07, 6.45) is 2.06. The average molecular weight is 452 g/mol. The van der Waals surface area contributed by atoms with Gasteiger partial charge in [-0.15, -0.1) is 0 Å². The molecular weight excluding hydrogens is 434 g/mol. The average Bonchev–Trinajstić information content (AvgIpc) is 3.46. The molecule has 1 amide bonds. The SMILES string of the molecule is COc1ccc2[nH]c3c(c2c1)CCN(C(=O)c1ccco1)C3c1ccc(Cl)c([N+](=O)[O-])c1. The summed E-state index contributed by atoms with van der Waals surface area (Å²) >= 11 is 6.05. The second-order valence-electron chi connectivity index (χ2n) is 7.53. The Kier molecular flexibility index (Phi) is 4.86. The highest BCUT2D eigenvalue weighted by Gasteiger charge is 2.36. The normalized spacial score (nSPS) is 15.6. The number of rotatable bonds is 4. The topological polar surface area (TPSA) is 102 Å². The number of carbonyl (C=O) groups is 1. The number of aromatic amines is 1. The number of methoxy groups -OCH3 is 1. The van der Waals surface area contributed by atoms with E-state index in [1.807, 2.05) is 18.2 Å². The van der Waals surface area contributed by atoms with Gasteiger partial charge in [-0.2, -0.15) is 0 Å². The minimum absolute atomic E-state index is 0.0417. The molecule has 0 saturated heterocycles. The Balaban J connectivity index is 1.71. The van der Waals surface area contributed by atoms with E-state index in [0.717, 1.165) is 27.9 Å². The van der Waals surface area contributed by atoms with Crippen LogP contribution < -0.4 is 4.74 Å². The van der Waals surface area contributed by atoms with Crippen LogP contribution in [0, 0.1) is 10.1 Å². The van der Waals surface area contributed by atoms with Crippen LogP contribution >= 0.6 is 11.6 Å². The Morgan fingerprint density at radius 2 is 2.12 bits per heavy atom. The van der Waals surface area contributed by atoms with E-state index >= 15 is 0 Å². The summed E-state index contributed by atoms with van der Waals surface area (Å²) in [4.78, 5) is 29.4. The van der Waals surface area contributed by atoms with Crippen LogP contribution in [0.5, 0.6) is 5.75 Å². The lowest BCUT2D eigenvalue weighted by Gasteiger charge is -2.35. The van der Waals surface area contributed by atoms with Gasteiger partial charge in [-0.3, -0.25) is 14.9 Å². The van der Waals surface area contributed by atoms with E-state index in [0.29, 0.717) is 18.5 Å². The molecule has 1 N–H and O–H groups in total. The van der Waals surface area contributed by atoms with Crippen LogP contribution in [-0.4, -0.2) is 34.4 Å². The summed E-state index contributed by atoms with van der Waals surface area (Å²) in [6, 6.07) is 13.0. The molecule has 3 heterocycles. The molecule has 1 aliphatic heterocycles. The van der Waals surface area contributed by atoms with Gasteiger partial charge in [-0.05, 0) is 53.9 Å². The van der Waals surface area contributed by atoms with E-state index in [1.165, 1.54) is 18.4 Å². The number of furan rings is 1. The molecule has 0 aliphatic carbocycles. The number of nitrogens with one attached hydrogen (secondary N) is 1. The van der Waals surface area contributed by atoms with Gasteiger partial charge in [0.2, 0.25) is 0 Å². The van der Waals surface area contributed by atoms with Crippen molar-refractivity contribution in [2.45, 2.75) is 12.5 Å². The minimum Gasteiger partial charge on any atom is -0.497 e. The van der Waals surface area contributed by atoms with Crippen molar-refractivity contribution >= 4 is 34.1 Å². The fourth-order valence-corrected chi connectivity index (χ4v) is 4.53. The van der Waals surface area contributed by atoms with E-state index in [1.54, 1.807) is 30.2 Å². The smallest absolute Gasteiger partial charge is 0.290 e. The first-order valence-electron chi connectivity index (χ1n) is 9.94. The summed E-state index contributed by atoms with van der Waals surface area (Å²) in [5.74, 6) is 0.645. The molecule has 162 valence electrons. The highest BCUT2D eigenvalue weighted by Crippen LogP contribution is 2.41. The quantitative estimate of drug-likeness (QED) is 0.343. The summed E-state index contributed by atoms with van der Waals surface area (Å²) in [6.45, 7) is 0.414. The van der Waals surface area contributed by atoms with E-state index in [4.69, 9.17) is 20.8 Å². The molecule has 0 radical (unpaired) electrons. The van der Waals surface area contributed by atoms with Gasteiger partial charge in [-0.1, -0.05) is 17.7 Å². The predicted molar refractivity (Wildman–Crippen MR) is 118 cm³/mol. The Morgan fingerprint density at radius 1 is 1.28 bits per heavy atom. The highest BCUT2D eigenvalue weighted by molar-refractivity contribution is 6.32. The van der Waals surface area contributed by atoms with Crippen molar-refractivity contribution in [2.24, 2.45) is 0 Å². The molecule has 1 aliphatic rings. The molecule has 0 saturated carbocycles. The number of aromatic nitrogens is 1. The number of H-pyrrole nitrogens is 1. The number of hydrogen-bond acceptors (Lipinski definition) is 5. The summed E-state index contributed by atoms with van der Waals surface area (Å²) < 4.78 is 10.7. The number of hydrogen-bond donors (Lipinski definition) is 1. The Bertz CT molecular complexity index is 1350. The number of amides is 1. The third-order valence-corrected chi connectivity index (χ3v) is 6.13. The van der Waals surface area contributed by atoms with Crippen LogP contribution in [0.2, 0.25) is 5.02 Å². The number of ether oxygens (including phenoxy) is 1. The van der Waals surface area contributed by atoms with Crippen LogP contribution in [0.15, 0.2) is 59.2 Å². The van der Waals surface area contributed by atoms with E-state index < -0.39 is 11.0 Å². The molecule has 2 aromatic heterocycles. The maximum Gasteiger partial charge on any atom is 0.290 e. The molecule has 32 heavy (non-hydrogen) atoms. The van der Waals surface area contributed by atoms with E-state index in [9.17, 15) is 14.9 Å². The van der Waals surface area contributed by atoms with Crippen LogP contribution in [0.3, 0.4) is 0 Å². The number of nitrogens with zero attached hydrogens (tertiary/aromatic N) is 2. The van der Waals surface area contributed by atoms with Crippen molar-refractivity contribution in [2.75, 3.05) is 13.7 Å². The Hall–Kier alpha value is -3.78. The molecular formula is C23H18ClN3O5. The van der Waals surface area contributed by atoms with Crippen LogP contribution in [-0.2, 0) is 6.42 Å². The van der Waals surface area contributed by atoms with Crippen molar-refractivity contribution < 1.29 is 18.9 Å². The minimum atomic E-state index is -0.578. The first-order chi connectivity index (χ1) is 15.5. The first-order valence-corrected chi connectivity index (χ1v) is 10.3. The monoisotopic (exact) mass is 451 g/mol. The van der Waals surface area contributed by atoms with E-state index in [2.05, 4.69) is 4.98 Å². The summed E-state index contributed by atoms with van der Waals surface area (Å²) in [7, 11) is 1.61. The number of carbonyl (C=O) groups excluding carboxylic acids is 1. The molecule has 2 aromatic carbocycles. The highest BCUT2D eigenvalue weighted by atomic mass is 35.5. The van der Waals surface area contributed by atoms with Crippen LogP contribution in [0.1, 0.15) is 33.4 Å². The lowest BCUT2D eigenvalue weighted by Crippen LogP contribution is -2.40. The van der Waals surface area contributed by atoms with Gasteiger partial charge in [-0.25, -0.2) is 0 Å². The van der Waals surface area contributed by atoms with Crippen molar-refractivity contribution in [1.29, 1.82) is 0 Å². The fraction of sp³-hybridized carbons (Fsp3) is 0.174. The zero-order valence-electron chi connectivity index (χ0n) is 17.0. The molecule has 9 heteroatoms. The number of benzene rings is 2. The summed E-state index contributed by atoms with van der Waals surface area (Å²) in [5, 5.41) is 12.6. The van der Waals surface area contributed by atoms with Crippen molar-refractivity contribution in [3.05, 3.63) is 92.5 Å². The van der Waals surface area contributed by atoms with Gasteiger partial charge in [0.05, 0.1) is 24.3 Å². The maximum atomic E-state index is 13.3. The second-order valence-corrected chi connectivity index (χ2v) is 7.93. The van der Waals surface area contributed by atoms with Gasteiger partial charge in [0.15, 0.2) is 5.76 Å². The third-order valence-electron chi connectivity index (χ3n) is 5.81. The van der Waals surface area contributed by atoms with Crippen LogP contribution in [0.4, 0.5) is 5.69 Å². The van der Waals surface area contributed by atoms with Gasteiger partial charge in [0.25, 0.3) is 11.6 Å². The number of halogens is 1. The van der Waals surface area contributed by atoms with Gasteiger partial charge < -0.3 is 19.0 Å². The summed E-state index contributed by atoms with van der Waals surface area (Å²) in [5.41, 5.74) is 3.12. The lowest BCUT2D eigenvalue weighted by atomic mass is 9.91. The second kappa shape index (κ2) is 7.72. The largest absolute Gasteiger partial charge is 0.497 e. The molecule has 1 unspecified atom stereocenters. The number of nitro groups is 1. The number of nitro benzene ring substituents is 1. The molecule has 0 spiro atoms. The van der Waals surface area contributed by atoms with Crippen molar-refractivity contribution in [1.82, 2.24) is 9.88 Å². The maximum absolute atomic E-state index is 13.3. The van der Waals surface area contributed by atoms with Gasteiger partial charge >= 0.3 is 0 Å². The Morgan fingerprint density at radius 3 is 2.84 bits per heavy atom. The lowest BCUT2D eigenvalue weighted by molar-refractivity contribution is -0.384. The molecule has 5 rings (SSSR count). The van der Waals surface area contributed by atoms with Gasteiger partial charge in [0.1, 0.15) is 10.8 Å². The zero-order valence-corrected chi connectivity index (χ0v) is 17.8. The molecule has 0 bridgehead atoms. The van der Waals surface area contributed by atoms with Crippen molar-refractivity contribution in [3.63, 3.8) is 0 Å². The Labute approximate surface area is 187 Å². The van der Waals surface area contributed by atoms with Crippen LogP contribution in [0.25, 0.3) is 10.9 Å². The molecule has 0 fully saturated rings.